The Morgan fingerprint density at radius 2 is 2.09 bits per heavy atom. The number of fused-ring (bicyclic) bond motifs is 3. The summed E-state index contributed by atoms with van der Waals surface area (Å²) in [5.41, 5.74) is 4.13. The lowest BCUT2D eigenvalue weighted by Crippen LogP contribution is -2.29. The van der Waals surface area contributed by atoms with E-state index in [9.17, 15) is 4.79 Å². The van der Waals surface area contributed by atoms with Gasteiger partial charge >= 0.3 is 0 Å². The van der Waals surface area contributed by atoms with E-state index in [1.165, 1.54) is 10.4 Å². The molecule has 0 aromatic carbocycles. The van der Waals surface area contributed by atoms with Crippen LogP contribution in [0.1, 0.15) is 57.5 Å². The summed E-state index contributed by atoms with van der Waals surface area (Å²) >= 11 is 1.66. The first-order chi connectivity index (χ1) is 10.7. The number of hydrogen-bond donors (Lipinski definition) is 2. The molecule has 3 N–H and O–H groups in total. The van der Waals surface area contributed by atoms with Crippen LogP contribution in [0, 0.1) is 11.3 Å². The highest BCUT2D eigenvalue weighted by Crippen LogP contribution is 2.42. The van der Waals surface area contributed by atoms with E-state index in [0.717, 1.165) is 29.5 Å². The minimum absolute atomic E-state index is 0.0203. The molecule has 0 spiro atoms. The summed E-state index contributed by atoms with van der Waals surface area (Å²) < 4.78 is 1.66. The molecular formula is C17H26N4OS. The molecule has 5 nitrogen and oxygen atoms in total. The number of anilines is 1. The maximum atomic E-state index is 13.0. The molecule has 126 valence electrons. The number of hydrogen-bond acceptors (Lipinski definition) is 5. The molecule has 0 fully saturated rings. The van der Waals surface area contributed by atoms with Gasteiger partial charge in [-0.2, -0.15) is 0 Å². The number of nitrogens with one attached hydrogen (secondary N) is 1. The molecule has 2 aromatic rings. The zero-order valence-electron chi connectivity index (χ0n) is 14.6. The number of aryl methyl sites for hydroxylation is 1. The molecule has 1 aliphatic carbocycles. The van der Waals surface area contributed by atoms with Gasteiger partial charge in [-0.25, -0.2) is 10.8 Å². The predicted octanol–water partition coefficient (Wildman–Crippen LogP) is 3.48. The van der Waals surface area contributed by atoms with E-state index in [0.29, 0.717) is 17.3 Å². The van der Waals surface area contributed by atoms with E-state index in [4.69, 9.17) is 5.84 Å². The highest BCUT2D eigenvalue weighted by Gasteiger charge is 2.32. The van der Waals surface area contributed by atoms with E-state index in [1.807, 2.05) is 13.8 Å². The van der Waals surface area contributed by atoms with Crippen molar-refractivity contribution in [2.45, 2.75) is 59.9 Å². The van der Waals surface area contributed by atoms with Gasteiger partial charge in [0.1, 0.15) is 4.83 Å². The Morgan fingerprint density at radius 3 is 2.65 bits per heavy atom. The molecule has 0 amide bonds. The van der Waals surface area contributed by atoms with Gasteiger partial charge in [-0.05, 0) is 50.0 Å². The van der Waals surface area contributed by atoms with Gasteiger partial charge in [-0.3, -0.25) is 14.8 Å². The highest BCUT2D eigenvalue weighted by molar-refractivity contribution is 7.18. The van der Waals surface area contributed by atoms with E-state index in [2.05, 4.69) is 31.2 Å². The lowest BCUT2D eigenvalue weighted by molar-refractivity contribution is 0.218. The molecule has 0 radical (unpaired) electrons. The van der Waals surface area contributed by atoms with Crippen molar-refractivity contribution < 1.29 is 0 Å². The van der Waals surface area contributed by atoms with Gasteiger partial charge in [0.15, 0.2) is 0 Å². The van der Waals surface area contributed by atoms with Crippen LogP contribution in [-0.4, -0.2) is 9.55 Å². The number of rotatable bonds is 2. The lowest BCUT2D eigenvalue weighted by Gasteiger charge is -2.33. The summed E-state index contributed by atoms with van der Waals surface area (Å²) in [7, 11) is 0. The summed E-state index contributed by atoms with van der Waals surface area (Å²) in [5, 5.41) is 0.810. The van der Waals surface area contributed by atoms with Crippen molar-refractivity contribution in [2.75, 3.05) is 5.43 Å². The van der Waals surface area contributed by atoms with Crippen molar-refractivity contribution >= 4 is 27.5 Å². The zero-order chi connectivity index (χ0) is 16.9. The van der Waals surface area contributed by atoms with E-state index in [-0.39, 0.29) is 11.6 Å². The molecule has 1 aliphatic rings. The van der Waals surface area contributed by atoms with Gasteiger partial charge in [0.2, 0.25) is 5.95 Å². The zero-order valence-corrected chi connectivity index (χ0v) is 15.4. The maximum Gasteiger partial charge on any atom is 0.264 e. The number of hydrazine groups is 1. The molecule has 0 saturated carbocycles. The third kappa shape index (κ3) is 2.68. The van der Waals surface area contributed by atoms with Crippen LogP contribution in [0.5, 0.6) is 0 Å². The summed E-state index contributed by atoms with van der Waals surface area (Å²) in [6.45, 7) is 10.9. The normalized spacial score (nSPS) is 18.5. The van der Waals surface area contributed by atoms with Crippen LogP contribution in [-0.2, 0) is 12.8 Å². The average molecular weight is 334 g/mol. The van der Waals surface area contributed by atoms with E-state index in [1.54, 1.807) is 15.9 Å². The molecule has 23 heavy (non-hydrogen) atoms. The Hall–Kier alpha value is -1.40. The Bertz CT molecular complexity index is 797. The van der Waals surface area contributed by atoms with E-state index >= 15 is 0 Å². The third-order valence-electron chi connectivity index (χ3n) is 4.99. The monoisotopic (exact) mass is 334 g/mol. The van der Waals surface area contributed by atoms with Crippen molar-refractivity contribution in [1.29, 1.82) is 0 Å². The van der Waals surface area contributed by atoms with Gasteiger partial charge in [-0.15, -0.1) is 11.3 Å². The first-order valence-electron chi connectivity index (χ1n) is 8.27. The first kappa shape index (κ1) is 16.5. The summed E-state index contributed by atoms with van der Waals surface area (Å²) in [6, 6.07) is 0.0203. The quantitative estimate of drug-likeness (QED) is 0.651. The number of nitrogen functional groups attached to an aromatic ring is 1. The standard InChI is InChI=1S/C17H26N4OS/c1-9(2)21-15(22)13-11-7-6-10(17(3,4)5)8-12(11)23-14(13)19-16(21)20-18/h9-10H,6-8,18H2,1-5H3,(H,19,20). The molecule has 0 aliphatic heterocycles. The number of aromatic nitrogens is 2. The topological polar surface area (TPSA) is 72.9 Å². The second-order valence-corrected chi connectivity index (χ2v) is 8.92. The Morgan fingerprint density at radius 1 is 1.39 bits per heavy atom. The Kier molecular flexibility index (Phi) is 4.01. The van der Waals surface area contributed by atoms with Crippen molar-refractivity contribution in [3.63, 3.8) is 0 Å². The molecule has 1 atom stereocenters. The highest BCUT2D eigenvalue weighted by atomic mass is 32.1. The summed E-state index contributed by atoms with van der Waals surface area (Å²) in [6.07, 6.45) is 3.16. The number of nitrogens with two attached hydrogens (primary N) is 1. The smallest absolute Gasteiger partial charge is 0.264 e. The second kappa shape index (κ2) is 5.60. The van der Waals surface area contributed by atoms with E-state index < -0.39 is 0 Å². The molecule has 0 saturated heterocycles. The Balaban J connectivity index is 2.19. The van der Waals surface area contributed by atoms with Crippen LogP contribution >= 0.6 is 11.3 Å². The fraction of sp³-hybridized carbons (Fsp3) is 0.647. The van der Waals surface area contributed by atoms with Crippen LogP contribution in [0.2, 0.25) is 0 Å². The SMILES string of the molecule is CC(C)n1c(NN)nc2sc3c(c2c1=O)CCC(C(C)(C)C)C3. The predicted molar refractivity (Wildman–Crippen MR) is 97.0 cm³/mol. The second-order valence-electron chi connectivity index (χ2n) is 7.84. The molecule has 0 bridgehead atoms. The van der Waals surface area contributed by atoms with Crippen molar-refractivity contribution in [3.8, 4) is 0 Å². The van der Waals surface area contributed by atoms with Gasteiger partial charge in [0.25, 0.3) is 5.56 Å². The van der Waals surface area contributed by atoms with Crippen LogP contribution in [0.3, 0.4) is 0 Å². The third-order valence-corrected chi connectivity index (χ3v) is 6.13. The minimum Gasteiger partial charge on any atom is -0.294 e. The van der Waals surface area contributed by atoms with Crippen LogP contribution in [0.15, 0.2) is 4.79 Å². The fourth-order valence-corrected chi connectivity index (χ4v) is 4.85. The maximum absolute atomic E-state index is 13.0. The molecule has 3 rings (SSSR count). The minimum atomic E-state index is 0.0203. The van der Waals surface area contributed by atoms with Crippen molar-refractivity contribution in [2.24, 2.45) is 17.2 Å². The van der Waals surface area contributed by atoms with Crippen LogP contribution < -0.4 is 16.8 Å². The van der Waals surface area contributed by atoms with Crippen molar-refractivity contribution in [3.05, 3.63) is 20.8 Å². The number of thiophene rings is 1. The molecule has 2 aromatic heterocycles. The van der Waals surface area contributed by atoms with Gasteiger partial charge in [0.05, 0.1) is 5.39 Å². The number of nitrogens with zero attached hydrogens (tertiary/aromatic N) is 2. The van der Waals surface area contributed by atoms with Crippen molar-refractivity contribution in [1.82, 2.24) is 9.55 Å². The average Bonchev–Trinajstić information content (AvgIpc) is 2.82. The van der Waals surface area contributed by atoms with Gasteiger partial charge in [0, 0.05) is 10.9 Å². The molecule has 1 unspecified atom stereocenters. The van der Waals surface area contributed by atoms with Crippen LogP contribution in [0.4, 0.5) is 5.95 Å². The lowest BCUT2D eigenvalue weighted by atomic mass is 9.72. The Labute approximate surface area is 140 Å². The summed E-state index contributed by atoms with van der Waals surface area (Å²) in [4.78, 5) is 19.8. The van der Waals surface area contributed by atoms with Gasteiger partial charge < -0.3 is 0 Å². The molecule has 2 heterocycles. The molecule has 6 heteroatoms. The molecular weight excluding hydrogens is 308 g/mol. The van der Waals surface area contributed by atoms with Gasteiger partial charge in [-0.1, -0.05) is 20.8 Å². The first-order valence-corrected chi connectivity index (χ1v) is 9.09. The van der Waals surface area contributed by atoms with Crippen LogP contribution in [0.25, 0.3) is 10.2 Å². The fourth-order valence-electron chi connectivity index (χ4n) is 3.56. The largest absolute Gasteiger partial charge is 0.294 e. The summed E-state index contributed by atoms with van der Waals surface area (Å²) in [5.74, 6) is 6.68.